The van der Waals surface area contributed by atoms with E-state index in [1.165, 1.54) is 12.0 Å². The molecule has 0 bridgehead atoms. The van der Waals surface area contributed by atoms with Gasteiger partial charge in [0.2, 0.25) is 0 Å². The first-order chi connectivity index (χ1) is 9.08. The Balaban J connectivity index is 2.82. The van der Waals surface area contributed by atoms with Crippen LogP contribution in [0, 0.1) is 5.92 Å². The van der Waals surface area contributed by atoms with E-state index in [0.717, 1.165) is 31.1 Å². The van der Waals surface area contributed by atoms with Crippen LogP contribution in [0.2, 0.25) is 5.02 Å². The van der Waals surface area contributed by atoms with E-state index in [0.29, 0.717) is 11.1 Å². The number of hydrogen-bond donors (Lipinski definition) is 1. The van der Waals surface area contributed by atoms with E-state index in [1.54, 1.807) is 7.11 Å². The Morgan fingerprint density at radius 2 is 2.00 bits per heavy atom. The summed E-state index contributed by atoms with van der Waals surface area (Å²) in [6.45, 7) is 7.75. The molecule has 0 aliphatic rings. The van der Waals surface area contributed by atoms with Gasteiger partial charge in [-0.05, 0) is 49.4 Å². The Kier molecular flexibility index (Phi) is 7.25. The molecule has 108 valence electrons. The maximum absolute atomic E-state index is 6.09. The highest BCUT2D eigenvalue weighted by atomic mass is 35.5. The predicted octanol–water partition coefficient (Wildman–Crippen LogP) is 4.83. The lowest BCUT2D eigenvalue weighted by Crippen LogP contribution is -2.22. The second-order valence-corrected chi connectivity index (χ2v) is 5.78. The third kappa shape index (κ3) is 5.42. The highest BCUT2D eigenvalue weighted by Crippen LogP contribution is 2.30. The van der Waals surface area contributed by atoms with Gasteiger partial charge in [0, 0.05) is 6.04 Å². The van der Waals surface area contributed by atoms with Crippen molar-refractivity contribution >= 4 is 11.6 Å². The van der Waals surface area contributed by atoms with Gasteiger partial charge in [-0.1, -0.05) is 38.4 Å². The van der Waals surface area contributed by atoms with Gasteiger partial charge in [-0.2, -0.15) is 0 Å². The van der Waals surface area contributed by atoms with Gasteiger partial charge in [0.1, 0.15) is 5.75 Å². The molecular weight excluding hydrogens is 258 g/mol. The van der Waals surface area contributed by atoms with E-state index in [9.17, 15) is 0 Å². The van der Waals surface area contributed by atoms with Gasteiger partial charge in [-0.15, -0.1) is 0 Å². The minimum atomic E-state index is 0.383. The fraction of sp³-hybridized carbons (Fsp3) is 0.625. The Morgan fingerprint density at radius 3 is 2.58 bits per heavy atom. The maximum atomic E-state index is 6.09. The molecule has 0 aliphatic heterocycles. The van der Waals surface area contributed by atoms with Crippen molar-refractivity contribution in [1.29, 1.82) is 0 Å². The summed E-state index contributed by atoms with van der Waals surface area (Å²) >= 11 is 6.09. The Labute approximate surface area is 122 Å². The summed E-state index contributed by atoms with van der Waals surface area (Å²) in [5.41, 5.74) is 1.26. The van der Waals surface area contributed by atoms with Gasteiger partial charge in [0.25, 0.3) is 0 Å². The summed E-state index contributed by atoms with van der Waals surface area (Å²) in [7, 11) is 1.66. The lowest BCUT2D eigenvalue weighted by atomic mass is 9.97. The van der Waals surface area contributed by atoms with Crippen LogP contribution >= 0.6 is 11.6 Å². The average Bonchev–Trinajstić information content (AvgIpc) is 2.39. The van der Waals surface area contributed by atoms with E-state index in [-0.39, 0.29) is 0 Å². The van der Waals surface area contributed by atoms with E-state index in [2.05, 4.69) is 38.2 Å². The minimum absolute atomic E-state index is 0.383. The van der Waals surface area contributed by atoms with Gasteiger partial charge in [-0.25, -0.2) is 0 Å². The van der Waals surface area contributed by atoms with Crippen molar-refractivity contribution in [2.24, 2.45) is 5.92 Å². The van der Waals surface area contributed by atoms with Crippen molar-refractivity contribution in [3.8, 4) is 5.75 Å². The number of benzene rings is 1. The zero-order chi connectivity index (χ0) is 14.3. The van der Waals surface area contributed by atoms with E-state index in [4.69, 9.17) is 16.3 Å². The lowest BCUT2D eigenvalue weighted by Gasteiger charge is -2.21. The van der Waals surface area contributed by atoms with Crippen molar-refractivity contribution in [2.45, 2.75) is 46.1 Å². The Morgan fingerprint density at radius 1 is 1.26 bits per heavy atom. The predicted molar refractivity (Wildman–Crippen MR) is 83.1 cm³/mol. The zero-order valence-corrected chi connectivity index (χ0v) is 13.3. The van der Waals surface area contributed by atoms with Crippen LogP contribution in [0.15, 0.2) is 18.2 Å². The monoisotopic (exact) mass is 283 g/mol. The number of ether oxygens (including phenoxy) is 1. The second kappa shape index (κ2) is 8.44. The lowest BCUT2D eigenvalue weighted by molar-refractivity contribution is 0.409. The number of nitrogens with one attached hydrogen (secondary N) is 1. The van der Waals surface area contributed by atoms with Crippen LogP contribution in [0.5, 0.6) is 5.75 Å². The van der Waals surface area contributed by atoms with Gasteiger partial charge in [0.15, 0.2) is 0 Å². The van der Waals surface area contributed by atoms with Crippen LogP contribution in [0.3, 0.4) is 0 Å². The number of rotatable bonds is 8. The number of hydrogen-bond acceptors (Lipinski definition) is 2. The molecule has 3 heteroatoms. The molecule has 0 saturated heterocycles. The molecule has 0 aromatic heterocycles. The van der Waals surface area contributed by atoms with Gasteiger partial charge >= 0.3 is 0 Å². The van der Waals surface area contributed by atoms with Crippen molar-refractivity contribution in [3.63, 3.8) is 0 Å². The summed E-state index contributed by atoms with van der Waals surface area (Å²) < 4.78 is 5.31. The summed E-state index contributed by atoms with van der Waals surface area (Å²) in [4.78, 5) is 0. The number of halogens is 1. The smallest absolute Gasteiger partial charge is 0.137 e. The van der Waals surface area contributed by atoms with Gasteiger partial charge in [-0.3, -0.25) is 0 Å². The summed E-state index contributed by atoms with van der Waals surface area (Å²) in [5.74, 6) is 1.48. The molecule has 1 unspecified atom stereocenters. The van der Waals surface area contributed by atoms with Crippen LogP contribution in [0.25, 0.3) is 0 Å². The minimum Gasteiger partial charge on any atom is -0.495 e. The van der Waals surface area contributed by atoms with E-state index >= 15 is 0 Å². The highest BCUT2D eigenvalue weighted by molar-refractivity contribution is 6.32. The van der Waals surface area contributed by atoms with Crippen molar-refractivity contribution in [2.75, 3.05) is 13.7 Å². The summed E-state index contributed by atoms with van der Waals surface area (Å²) in [6.07, 6.45) is 3.50. The maximum Gasteiger partial charge on any atom is 0.137 e. The molecule has 1 rings (SSSR count). The Bertz CT molecular complexity index is 379. The molecule has 1 atom stereocenters. The molecule has 0 heterocycles. The zero-order valence-electron chi connectivity index (χ0n) is 12.5. The molecular formula is C16H26ClNO. The van der Waals surface area contributed by atoms with Crippen LogP contribution in [0.1, 0.15) is 51.6 Å². The average molecular weight is 284 g/mol. The number of methoxy groups -OCH3 is 1. The first-order valence-corrected chi connectivity index (χ1v) is 7.53. The fourth-order valence-electron chi connectivity index (χ4n) is 2.10. The molecule has 1 aromatic carbocycles. The van der Waals surface area contributed by atoms with Crippen molar-refractivity contribution in [3.05, 3.63) is 28.8 Å². The molecule has 0 radical (unpaired) electrons. The molecule has 2 nitrogen and oxygen atoms in total. The molecule has 0 amide bonds. The third-order valence-corrected chi connectivity index (χ3v) is 3.56. The van der Waals surface area contributed by atoms with Crippen molar-refractivity contribution < 1.29 is 4.74 Å². The van der Waals surface area contributed by atoms with E-state index in [1.807, 2.05) is 6.07 Å². The topological polar surface area (TPSA) is 21.3 Å². The Hall–Kier alpha value is -0.730. The fourth-order valence-corrected chi connectivity index (χ4v) is 2.29. The molecule has 0 saturated carbocycles. The molecule has 0 aliphatic carbocycles. The second-order valence-electron chi connectivity index (χ2n) is 5.37. The molecule has 0 fully saturated rings. The van der Waals surface area contributed by atoms with Crippen LogP contribution < -0.4 is 10.1 Å². The van der Waals surface area contributed by atoms with E-state index < -0.39 is 0 Å². The molecule has 1 aromatic rings. The van der Waals surface area contributed by atoms with Gasteiger partial charge < -0.3 is 10.1 Å². The summed E-state index contributed by atoms with van der Waals surface area (Å²) in [6, 6.07) is 6.45. The first-order valence-electron chi connectivity index (χ1n) is 7.15. The van der Waals surface area contributed by atoms with Crippen molar-refractivity contribution in [1.82, 2.24) is 5.32 Å². The van der Waals surface area contributed by atoms with Gasteiger partial charge in [0.05, 0.1) is 12.1 Å². The van der Waals surface area contributed by atoms with Crippen LogP contribution in [0.4, 0.5) is 0 Å². The SMILES string of the molecule is CCCNC(CCC(C)C)c1ccc(Cl)c(OC)c1. The van der Waals surface area contributed by atoms with Crippen LogP contribution in [-0.4, -0.2) is 13.7 Å². The quantitative estimate of drug-likeness (QED) is 0.738. The molecule has 1 N–H and O–H groups in total. The standard InChI is InChI=1S/C16H26ClNO/c1-5-10-18-15(9-6-12(2)3)13-7-8-14(17)16(11-13)19-4/h7-8,11-12,15,18H,5-6,9-10H2,1-4H3. The summed E-state index contributed by atoms with van der Waals surface area (Å²) in [5, 5.41) is 4.28. The highest BCUT2D eigenvalue weighted by Gasteiger charge is 2.13. The normalized spacial score (nSPS) is 12.7. The largest absolute Gasteiger partial charge is 0.495 e. The first kappa shape index (κ1) is 16.3. The molecule has 0 spiro atoms. The van der Waals surface area contributed by atoms with Crippen LogP contribution in [-0.2, 0) is 0 Å². The third-order valence-electron chi connectivity index (χ3n) is 3.25. The molecule has 19 heavy (non-hydrogen) atoms.